The smallest absolute Gasteiger partial charge is 0.410 e. The highest BCUT2D eigenvalue weighted by Crippen LogP contribution is 2.41. The second-order valence-electron chi connectivity index (χ2n) is 13.9. The summed E-state index contributed by atoms with van der Waals surface area (Å²) in [6.45, 7) is 11.5. The summed E-state index contributed by atoms with van der Waals surface area (Å²) in [5, 5.41) is 9.65. The van der Waals surface area contributed by atoms with Crippen LogP contribution in [0.3, 0.4) is 0 Å². The van der Waals surface area contributed by atoms with Gasteiger partial charge in [0, 0.05) is 64.0 Å². The molecular formula is C34H45FN6O3. The van der Waals surface area contributed by atoms with Crippen LogP contribution in [0.15, 0.2) is 36.4 Å². The van der Waals surface area contributed by atoms with Crippen molar-refractivity contribution in [2.45, 2.75) is 89.3 Å². The number of amides is 1. The largest absolute Gasteiger partial charge is 0.476 e. The van der Waals surface area contributed by atoms with Gasteiger partial charge in [0.15, 0.2) is 0 Å². The first-order valence-corrected chi connectivity index (χ1v) is 16.0. The van der Waals surface area contributed by atoms with E-state index in [1.54, 1.807) is 4.90 Å². The molecule has 1 amide bonds. The van der Waals surface area contributed by atoms with E-state index in [1.807, 2.05) is 32.9 Å². The molecule has 44 heavy (non-hydrogen) atoms. The summed E-state index contributed by atoms with van der Waals surface area (Å²) in [6.07, 6.45) is 2.40. The van der Waals surface area contributed by atoms with Crippen LogP contribution in [0.25, 0.3) is 0 Å². The molecule has 3 fully saturated rings. The number of benzene rings is 1. The zero-order valence-electron chi connectivity index (χ0n) is 26.3. The highest BCUT2D eigenvalue weighted by molar-refractivity contribution is 5.69. The summed E-state index contributed by atoms with van der Waals surface area (Å²) >= 11 is 0. The number of hydrogen-bond acceptors (Lipinski definition) is 8. The van der Waals surface area contributed by atoms with E-state index in [4.69, 9.17) is 14.5 Å². The SMILES string of the molecule is CC(C)(C)OC(=O)N1CCN(c2cc(OC[C@]34CCCN3C[C@@H](F)C4)nc3c2CCN(Cc2ccccc2)C3)C[C@@H]1CC#N. The first-order valence-electron chi connectivity index (χ1n) is 16.0. The first-order chi connectivity index (χ1) is 21.1. The van der Waals surface area contributed by atoms with E-state index in [1.165, 1.54) is 11.1 Å². The minimum absolute atomic E-state index is 0.222. The summed E-state index contributed by atoms with van der Waals surface area (Å²) in [4.78, 5) is 26.8. The second kappa shape index (κ2) is 12.5. The monoisotopic (exact) mass is 604 g/mol. The fourth-order valence-electron chi connectivity index (χ4n) is 7.45. The topological polar surface area (TPSA) is 85.2 Å². The zero-order valence-corrected chi connectivity index (χ0v) is 26.3. The molecule has 2 aromatic rings. The van der Waals surface area contributed by atoms with Gasteiger partial charge in [-0.2, -0.15) is 5.26 Å². The Labute approximate surface area is 260 Å². The molecule has 4 aliphatic rings. The number of hydrogen-bond donors (Lipinski definition) is 0. The van der Waals surface area contributed by atoms with Gasteiger partial charge >= 0.3 is 6.09 Å². The number of piperazine rings is 1. The van der Waals surface area contributed by atoms with Gasteiger partial charge in [-0.05, 0) is 57.7 Å². The molecule has 6 rings (SSSR count). The molecule has 0 aliphatic carbocycles. The Hall–Kier alpha value is -3.42. The van der Waals surface area contributed by atoms with Crippen LogP contribution >= 0.6 is 0 Å². The molecule has 0 spiro atoms. The summed E-state index contributed by atoms with van der Waals surface area (Å²) in [5.74, 6) is 0.565. The van der Waals surface area contributed by atoms with Gasteiger partial charge in [0.05, 0.1) is 29.8 Å². The molecule has 3 saturated heterocycles. The van der Waals surface area contributed by atoms with Gasteiger partial charge in [0.2, 0.25) is 5.88 Å². The first kappa shape index (κ1) is 30.6. The molecule has 236 valence electrons. The Bertz CT molecular complexity index is 1380. The highest BCUT2D eigenvalue weighted by atomic mass is 19.1. The van der Waals surface area contributed by atoms with Crippen LogP contribution in [0.5, 0.6) is 5.88 Å². The number of fused-ring (bicyclic) bond motifs is 2. The molecule has 0 radical (unpaired) electrons. The molecule has 4 aliphatic heterocycles. The molecule has 0 N–H and O–H groups in total. The van der Waals surface area contributed by atoms with E-state index in [0.29, 0.717) is 51.6 Å². The van der Waals surface area contributed by atoms with Crippen molar-refractivity contribution in [3.05, 3.63) is 53.2 Å². The Morgan fingerprint density at radius 1 is 1.16 bits per heavy atom. The normalized spacial score (nSPS) is 25.8. The van der Waals surface area contributed by atoms with Crippen LogP contribution < -0.4 is 9.64 Å². The quantitative estimate of drug-likeness (QED) is 0.440. The van der Waals surface area contributed by atoms with Crippen molar-refractivity contribution in [2.24, 2.45) is 0 Å². The van der Waals surface area contributed by atoms with E-state index in [-0.39, 0.29) is 24.1 Å². The maximum atomic E-state index is 14.5. The maximum Gasteiger partial charge on any atom is 0.410 e. The van der Waals surface area contributed by atoms with Gasteiger partial charge in [-0.3, -0.25) is 9.80 Å². The third kappa shape index (κ3) is 6.64. The number of ether oxygens (including phenoxy) is 2. The van der Waals surface area contributed by atoms with Crippen molar-refractivity contribution in [3.8, 4) is 11.9 Å². The Morgan fingerprint density at radius 3 is 2.75 bits per heavy atom. The van der Waals surface area contributed by atoms with E-state index in [2.05, 4.69) is 45.0 Å². The summed E-state index contributed by atoms with van der Waals surface area (Å²) < 4.78 is 26.6. The van der Waals surface area contributed by atoms with E-state index in [0.717, 1.165) is 50.3 Å². The number of aromatic nitrogens is 1. The number of carbonyl (C=O) groups excluding carboxylic acids is 1. The standard InChI is InChI=1S/C34H45FN6O3/c1-33(2,3)44-32(42)41-17-16-39(22-27(41)10-13-36)30-18-31(43-24-34-12-7-14-40(34)21-26(35)19-34)37-29-23-38(15-11-28(29)30)20-25-8-5-4-6-9-25/h4-6,8-9,18,26-27H,7,10-12,14-17,19-24H2,1-3H3/t26-,27-,34+/m0/s1. The van der Waals surface area contributed by atoms with Gasteiger partial charge < -0.3 is 19.3 Å². The van der Waals surface area contributed by atoms with E-state index in [9.17, 15) is 14.4 Å². The fourth-order valence-corrected chi connectivity index (χ4v) is 7.45. The van der Waals surface area contributed by atoms with Gasteiger partial charge in [0.25, 0.3) is 0 Å². The van der Waals surface area contributed by atoms with Crippen LogP contribution in [-0.2, 0) is 24.2 Å². The van der Waals surface area contributed by atoms with Crippen LogP contribution in [0, 0.1) is 11.3 Å². The van der Waals surface area contributed by atoms with Crippen molar-refractivity contribution in [1.82, 2.24) is 19.7 Å². The fraction of sp³-hybridized carbons (Fsp3) is 0.618. The Morgan fingerprint density at radius 2 is 1.98 bits per heavy atom. The molecule has 5 heterocycles. The summed E-state index contributed by atoms with van der Waals surface area (Å²) in [5.41, 5.74) is 3.67. The predicted octanol–water partition coefficient (Wildman–Crippen LogP) is 4.93. The molecule has 1 aromatic carbocycles. The number of alkyl halides is 1. The van der Waals surface area contributed by atoms with Gasteiger partial charge in [-0.25, -0.2) is 14.2 Å². The molecule has 1 aromatic heterocycles. The van der Waals surface area contributed by atoms with E-state index < -0.39 is 11.8 Å². The molecule has 0 bridgehead atoms. The van der Waals surface area contributed by atoms with Crippen molar-refractivity contribution in [1.29, 1.82) is 5.26 Å². The number of pyridine rings is 1. The number of anilines is 1. The third-order valence-electron chi connectivity index (χ3n) is 9.49. The van der Waals surface area contributed by atoms with Gasteiger partial charge in [-0.1, -0.05) is 30.3 Å². The third-order valence-corrected chi connectivity index (χ3v) is 9.49. The van der Waals surface area contributed by atoms with Crippen molar-refractivity contribution in [3.63, 3.8) is 0 Å². The zero-order chi connectivity index (χ0) is 30.9. The molecule has 3 atom stereocenters. The highest BCUT2D eigenvalue weighted by Gasteiger charge is 2.49. The Balaban J connectivity index is 1.26. The van der Waals surface area contributed by atoms with Crippen LogP contribution in [0.2, 0.25) is 0 Å². The molecule has 0 saturated carbocycles. The van der Waals surface area contributed by atoms with Crippen LogP contribution in [0.1, 0.15) is 63.3 Å². The number of rotatable bonds is 7. The average molecular weight is 605 g/mol. The van der Waals surface area contributed by atoms with E-state index >= 15 is 0 Å². The lowest BCUT2D eigenvalue weighted by atomic mass is 9.95. The van der Waals surface area contributed by atoms with Crippen molar-refractivity contribution < 1.29 is 18.7 Å². The van der Waals surface area contributed by atoms with Crippen LogP contribution in [0.4, 0.5) is 14.9 Å². The number of halogens is 1. The lowest BCUT2D eigenvalue weighted by Crippen LogP contribution is -2.56. The van der Waals surface area contributed by atoms with Gasteiger partial charge in [-0.15, -0.1) is 0 Å². The molecule has 0 unspecified atom stereocenters. The van der Waals surface area contributed by atoms with Crippen molar-refractivity contribution in [2.75, 3.05) is 50.8 Å². The van der Waals surface area contributed by atoms with Gasteiger partial charge in [0.1, 0.15) is 18.4 Å². The van der Waals surface area contributed by atoms with Crippen molar-refractivity contribution >= 4 is 11.8 Å². The Kier molecular flexibility index (Phi) is 8.71. The summed E-state index contributed by atoms with van der Waals surface area (Å²) in [6, 6.07) is 14.5. The minimum Gasteiger partial charge on any atom is -0.476 e. The molecule has 9 nitrogen and oxygen atoms in total. The average Bonchev–Trinajstić information content (AvgIpc) is 3.51. The number of carbonyl (C=O) groups is 1. The second-order valence-corrected chi connectivity index (χ2v) is 13.9. The maximum absolute atomic E-state index is 14.5. The van der Waals surface area contributed by atoms with Crippen LogP contribution in [-0.4, -0.2) is 95.0 Å². The number of nitriles is 1. The summed E-state index contributed by atoms with van der Waals surface area (Å²) in [7, 11) is 0. The lowest BCUT2D eigenvalue weighted by Gasteiger charge is -2.43. The number of nitrogens with zero attached hydrogens (tertiary/aromatic N) is 6. The minimum atomic E-state index is -0.809. The lowest BCUT2D eigenvalue weighted by molar-refractivity contribution is 0.0145. The molecule has 10 heteroatoms. The molecular weight excluding hydrogens is 559 g/mol. The predicted molar refractivity (Wildman–Crippen MR) is 166 cm³/mol.